The Bertz CT molecular complexity index is 912. The van der Waals surface area contributed by atoms with Gasteiger partial charge in [-0.15, -0.1) is 11.3 Å². The lowest BCUT2D eigenvalue weighted by molar-refractivity contribution is -0.115. The molecule has 0 saturated carbocycles. The summed E-state index contributed by atoms with van der Waals surface area (Å²) in [5, 5.41) is 6.26. The third kappa shape index (κ3) is 4.51. The highest BCUT2D eigenvalue weighted by Gasteiger charge is 2.11. The van der Waals surface area contributed by atoms with Crippen LogP contribution in [-0.4, -0.2) is 18.0 Å². The van der Waals surface area contributed by atoms with Crippen LogP contribution in [0.2, 0.25) is 10.0 Å². The molecule has 1 aromatic heterocycles. The Kier molecular flexibility index (Phi) is 5.58. The van der Waals surface area contributed by atoms with Crippen molar-refractivity contribution in [2.24, 2.45) is 0 Å². The number of aromatic nitrogens is 1. The van der Waals surface area contributed by atoms with Crippen LogP contribution in [-0.2, 0) is 11.2 Å². The Balaban J connectivity index is 1.69. The molecule has 0 unspecified atom stereocenters. The minimum Gasteiger partial charge on any atom is -0.497 e. The zero-order valence-corrected chi connectivity index (χ0v) is 15.6. The van der Waals surface area contributed by atoms with Crippen LogP contribution in [0.4, 0.5) is 5.13 Å². The number of halogens is 2. The number of rotatable bonds is 5. The molecule has 0 radical (unpaired) electrons. The van der Waals surface area contributed by atoms with Crippen LogP contribution in [0.15, 0.2) is 47.8 Å². The summed E-state index contributed by atoms with van der Waals surface area (Å²) < 4.78 is 5.16. The Morgan fingerprint density at radius 3 is 2.84 bits per heavy atom. The van der Waals surface area contributed by atoms with Crippen molar-refractivity contribution in [1.82, 2.24) is 4.98 Å². The Morgan fingerprint density at radius 2 is 2.08 bits per heavy atom. The van der Waals surface area contributed by atoms with Gasteiger partial charge in [0.25, 0.3) is 0 Å². The molecule has 0 aliphatic carbocycles. The van der Waals surface area contributed by atoms with Crippen LogP contribution in [0.3, 0.4) is 0 Å². The number of benzene rings is 2. The SMILES string of the molecule is COc1cccc(CC(=O)Nc2nc(-c3ccc(Cl)cc3Cl)cs2)c1. The summed E-state index contributed by atoms with van der Waals surface area (Å²) in [7, 11) is 1.60. The number of hydrogen-bond acceptors (Lipinski definition) is 4. The lowest BCUT2D eigenvalue weighted by atomic mass is 10.1. The van der Waals surface area contributed by atoms with E-state index in [9.17, 15) is 4.79 Å². The molecule has 7 heteroatoms. The summed E-state index contributed by atoms with van der Waals surface area (Å²) >= 11 is 13.4. The average Bonchev–Trinajstić information content (AvgIpc) is 3.03. The van der Waals surface area contributed by atoms with Crippen molar-refractivity contribution in [3.05, 3.63) is 63.5 Å². The first-order chi connectivity index (χ1) is 12.0. The molecular weight excluding hydrogens is 379 g/mol. The molecule has 0 aliphatic heterocycles. The molecule has 0 fully saturated rings. The summed E-state index contributed by atoms with van der Waals surface area (Å²) in [4.78, 5) is 16.6. The first-order valence-electron chi connectivity index (χ1n) is 7.39. The number of methoxy groups -OCH3 is 1. The van der Waals surface area contributed by atoms with Crippen LogP contribution in [0.1, 0.15) is 5.56 Å². The molecule has 1 N–H and O–H groups in total. The molecule has 4 nitrogen and oxygen atoms in total. The van der Waals surface area contributed by atoms with Crippen LogP contribution in [0, 0.1) is 0 Å². The monoisotopic (exact) mass is 392 g/mol. The predicted octanol–water partition coefficient (Wildman–Crippen LogP) is 5.31. The molecule has 0 bridgehead atoms. The molecule has 1 amide bonds. The Morgan fingerprint density at radius 1 is 1.24 bits per heavy atom. The second-order valence-electron chi connectivity index (χ2n) is 5.24. The highest BCUT2D eigenvalue weighted by molar-refractivity contribution is 7.14. The fourth-order valence-corrected chi connectivity index (χ4v) is 3.52. The van der Waals surface area contributed by atoms with Gasteiger partial charge in [-0.05, 0) is 35.9 Å². The molecule has 3 aromatic rings. The number of nitrogens with zero attached hydrogens (tertiary/aromatic N) is 1. The van der Waals surface area contributed by atoms with Gasteiger partial charge in [0.05, 0.1) is 24.2 Å². The maximum Gasteiger partial charge on any atom is 0.230 e. The number of amides is 1. The maximum absolute atomic E-state index is 12.2. The van der Waals surface area contributed by atoms with E-state index in [1.54, 1.807) is 19.2 Å². The average molecular weight is 393 g/mol. The lowest BCUT2D eigenvalue weighted by Crippen LogP contribution is -2.14. The second-order valence-corrected chi connectivity index (χ2v) is 6.94. The fourth-order valence-electron chi connectivity index (χ4n) is 2.28. The van der Waals surface area contributed by atoms with Gasteiger partial charge in [0.1, 0.15) is 5.75 Å². The smallest absolute Gasteiger partial charge is 0.230 e. The van der Waals surface area contributed by atoms with Crippen molar-refractivity contribution < 1.29 is 9.53 Å². The molecule has 0 aliphatic rings. The van der Waals surface area contributed by atoms with E-state index in [0.29, 0.717) is 20.9 Å². The van der Waals surface area contributed by atoms with Crippen molar-refractivity contribution >= 4 is 45.6 Å². The zero-order valence-electron chi connectivity index (χ0n) is 13.3. The Labute approximate surface area is 159 Å². The lowest BCUT2D eigenvalue weighted by Gasteiger charge is -2.04. The second kappa shape index (κ2) is 7.87. The molecule has 128 valence electrons. The number of anilines is 1. The molecule has 25 heavy (non-hydrogen) atoms. The molecule has 0 atom stereocenters. The number of ether oxygens (including phenoxy) is 1. The number of hydrogen-bond donors (Lipinski definition) is 1. The molecule has 0 saturated heterocycles. The molecule has 2 aromatic carbocycles. The predicted molar refractivity (Wildman–Crippen MR) is 103 cm³/mol. The number of carbonyl (C=O) groups excluding carboxylic acids is 1. The standard InChI is InChI=1S/C18H14Cl2N2O2S/c1-24-13-4-2-3-11(7-13)8-17(23)22-18-21-16(10-25-18)14-6-5-12(19)9-15(14)20/h2-7,9-10H,8H2,1H3,(H,21,22,23). The highest BCUT2D eigenvalue weighted by Crippen LogP contribution is 2.32. The third-order valence-electron chi connectivity index (χ3n) is 3.46. The van der Waals surface area contributed by atoms with E-state index in [4.69, 9.17) is 27.9 Å². The minimum atomic E-state index is -0.142. The number of thiazole rings is 1. The molecular formula is C18H14Cl2N2O2S. The highest BCUT2D eigenvalue weighted by atomic mass is 35.5. The zero-order chi connectivity index (χ0) is 17.8. The fraction of sp³-hybridized carbons (Fsp3) is 0.111. The van der Waals surface area contributed by atoms with Crippen LogP contribution in [0.5, 0.6) is 5.75 Å². The van der Waals surface area contributed by atoms with E-state index in [1.807, 2.05) is 35.7 Å². The summed E-state index contributed by atoms with van der Waals surface area (Å²) in [6, 6.07) is 12.6. The number of carbonyl (C=O) groups is 1. The first kappa shape index (κ1) is 17.7. The van der Waals surface area contributed by atoms with Crippen molar-refractivity contribution in [1.29, 1.82) is 0 Å². The number of nitrogens with one attached hydrogen (secondary N) is 1. The van der Waals surface area contributed by atoms with E-state index >= 15 is 0 Å². The summed E-state index contributed by atoms with van der Waals surface area (Å²) in [6.45, 7) is 0. The van der Waals surface area contributed by atoms with Crippen LogP contribution in [0.25, 0.3) is 11.3 Å². The molecule has 3 rings (SSSR count). The molecule has 1 heterocycles. The van der Waals surface area contributed by atoms with Gasteiger partial charge in [-0.3, -0.25) is 4.79 Å². The van der Waals surface area contributed by atoms with Gasteiger partial charge in [-0.2, -0.15) is 0 Å². The summed E-state index contributed by atoms with van der Waals surface area (Å²) in [5.41, 5.74) is 2.34. The topological polar surface area (TPSA) is 51.2 Å². The van der Waals surface area contributed by atoms with Crippen LogP contribution >= 0.6 is 34.5 Å². The van der Waals surface area contributed by atoms with Crippen molar-refractivity contribution in [3.63, 3.8) is 0 Å². The van der Waals surface area contributed by atoms with Crippen LogP contribution < -0.4 is 10.1 Å². The van der Waals surface area contributed by atoms with Gasteiger partial charge in [0.15, 0.2) is 5.13 Å². The first-order valence-corrected chi connectivity index (χ1v) is 9.02. The van der Waals surface area contributed by atoms with Gasteiger partial charge in [0.2, 0.25) is 5.91 Å². The van der Waals surface area contributed by atoms with Crippen molar-refractivity contribution in [2.75, 3.05) is 12.4 Å². The van der Waals surface area contributed by atoms with E-state index in [0.717, 1.165) is 16.9 Å². The van der Waals surface area contributed by atoms with Gasteiger partial charge in [-0.1, -0.05) is 35.3 Å². The minimum absolute atomic E-state index is 0.142. The van der Waals surface area contributed by atoms with Gasteiger partial charge < -0.3 is 10.1 Å². The van der Waals surface area contributed by atoms with Gasteiger partial charge in [-0.25, -0.2) is 4.98 Å². The van der Waals surface area contributed by atoms with Crippen molar-refractivity contribution in [2.45, 2.75) is 6.42 Å². The normalized spacial score (nSPS) is 10.5. The largest absolute Gasteiger partial charge is 0.497 e. The van der Waals surface area contributed by atoms with Crippen molar-refractivity contribution in [3.8, 4) is 17.0 Å². The van der Waals surface area contributed by atoms with Gasteiger partial charge in [0, 0.05) is 16.0 Å². The molecule has 0 spiro atoms. The van der Waals surface area contributed by atoms with E-state index in [2.05, 4.69) is 10.3 Å². The van der Waals surface area contributed by atoms with E-state index in [-0.39, 0.29) is 12.3 Å². The Hall–Kier alpha value is -2.08. The maximum atomic E-state index is 12.2. The third-order valence-corrected chi connectivity index (χ3v) is 4.76. The summed E-state index contributed by atoms with van der Waals surface area (Å²) in [6.07, 6.45) is 0.244. The van der Waals surface area contributed by atoms with Gasteiger partial charge >= 0.3 is 0 Å². The van der Waals surface area contributed by atoms with E-state index in [1.165, 1.54) is 11.3 Å². The quantitative estimate of drug-likeness (QED) is 0.640. The van der Waals surface area contributed by atoms with E-state index < -0.39 is 0 Å². The summed E-state index contributed by atoms with van der Waals surface area (Å²) in [5.74, 6) is 0.579.